The molecule has 1 aromatic heterocycles. The molecule has 3 nitrogen and oxygen atoms in total. The zero-order valence-electron chi connectivity index (χ0n) is 8.16. The predicted molar refractivity (Wildman–Crippen MR) is 59.9 cm³/mol. The molecule has 2 heterocycles. The third-order valence-electron chi connectivity index (χ3n) is 2.46. The van der Waals surface area contributed by atoms with Gasteiger partial charge in [-0.25, -0.2) is 4.98 Å². The molecule has 0 amide bonds. The fourth-order valence-electron chi connectivity index (χ4n) is 1.70. The molecule has 1 atom stereocenters. The minimum Gasteiger partial charge on any atom is -0.306 e. The maximum Gasteiger partial charge on any atom is 0.113 e. The highest BCUT2D eigenvalue weighted by Crippen LogP contribution is 2.18. The van der Waals surface area contributed by atoms with E-state index < -0.39 is 0 Å². The molecule has 5 heteroatoms. The van der Waals surface area contributed by atoms with Crippen LogP contribution in [0.15, 0.2) is 6.20 Å². The molecular formula is C9H14ClN3S. The molecule has 0 radical (unpaired) electrons. The highest BCUT2D eigenvalue weighted by molar-refractivity contribution is 7.15. The average molecular weight is 232 g/mol. The molecule has 0 bridgehead atoms. The molecule has 14 heavy (non-hydrogen) atoms. The first-order valence-corrected chi connectivity index (χ1v) is 5.95. The second-order valence-corrected chi connectivity index (χ2v) is 5.43. The summed E-state index contributed by atoms with van der Waals surface area (Å²) in [5.74, 6) is 0. The van der Waals surface area contributed by atoms with Crippen LogP contribution in [0.5, 0.6) is 0 Å². The van der Waals surface area contributed by atoms with Crippen molar-refractivity contribution in [1.82, 2.24) is 15.2 Å². The third kappa shape index (κ3) is 2.67. The van der Waals surface area contributed by atoms with Gasteiger partial charge in [-0.15, -0.1) is 11.3 Å². The number of nitrogens with one attached hydrogen (secondary N) is 1. The molecular weight excluding hydrogens is 218 g/mol. The first-order chi connectivity index (χ1) is 6.74. The van der Waals surface area contributed by atoms with Gasteiger partial charge in [0.2, 0.25) is 0 Å². The van der Waals surface area contributed by atoms with Gasteiger partial charge in [-0.2, -0.15) is 0 Å². The van der Waals surface area contributed by atoms with Gasteiger partial charge in [0.1, 0.15) is 9.34 Å². The van der Waals surface area contributed by atoms with Crippen molar-refractivity contribution in [2.24, 2.45) is 0 Å². The summed E-state index contributed by atoms with van der Waals surface area (Å²) in [4.78, 5) is 6.55. The van der Waals surface area contributed by atoms with Crippen LogP contribution in [0.25, 0.3) is 0 Å². The summed E-state index contributed by atoms with van der Waals surface area (Å²) in [6.07, 6.45) is 2.94. The maximum atomic E-state index is 5.80. The monoisotopic (exact) mass is 231 g/mol. The number of rotatable bonds is 3. The van der Waals surface area contributed by atoms with Crippen LogP contribution < -0.4 is 5.32 Å². The fraction of sp³-hybridized carbons (Fsp3) is 0.667. The van der Waals surface area contributed by atoms with Gasteiger partial charge in [0, 0.05) is 19.1 Å². The summed E-state index contributed by atoms with van der Waals surface area (Å²) in [6, 6.07) is 0.614. The van der Waals surface area contributed by atoms with E-state index in [-0.39, 0.29) is 0 Å². The number of hydrogen-bond donors (Lipinski definition) is 1. The molecule has 0 aromatic carbocycles. The van der Waals surface area contributed by atoms with E-state index in [9.17, 15) is 0 Å². The van der Waals surface area contributed by atoms with Crippen LogP contribution in [0.3, 0.4) is 0 Å². The van der Waals surface area contributed by atoms with Crippen molar-refractivity contribution < 1.29 is 0 Å². The smallest absolute Gasteiger partial charge is 0.113 e. The molecule has 1 unspecified atom stereocenters. The molecule has 0 aliphatic carbocycles. The van der Waals surface area contributed by atoms with Crippen molar-refractivity contribution in [1.29, 1.82) is 0 Å². The molecule has 0 saturated carbocycles. The van der Waals surface area contributed by atoms with E-state index >= 15 is 0 Å². The van der Waals surface area contributed by atoms with Gasteiger partial charge in [0.15, 0.2) is 0 Å². The van der Waals surface area contributed by atoms with Gasteiger partial charge < -0.3 is 10.2 Å². The van der Waals surface area contributed by atoms with Crippen LogP contribution in [-0.2, 0) is 6.54 Å². The molecule has 1 aromatic rings. The standard InChI is InChI=1S/C9H14ClN3S/c1-13-3-2-7(6-13)11-5-9-12-4-8(10)14-9/h4,7,11H,2-3,5-6H2,1H3. The van der Waals surface area contributed by atoms with E-state index in [1.807, 2.05) is 0 Å². The lowest BCUT2D eigenvalue weighted by atomic mass is 10.3. The average Bonchev–Trinajstić information content (AvgIpc) is 2.72. The third-order valence-corrected chi connectivity index (χ3v) is 3.57. The van der Waals surface area contributed by atoms with Gasteiger partial charge in [0.05, 0.1) is 6.20 Å². The molecule has 0 spiro atoms. The van der Waals surface area contributed by atoms with E-state index in [1.165, 1.54) is 13.0 Å². The summed E-state index contributed by atoms with van der Waals surface area (Å²) in [7, 11) is 2.15. The lowest BCUT2D eigenvalue weighted by Gasteiger charge is -2.10. The zero-order valence-corrected chi connectivity index (χ0v) is 9.74. The summed E-state index contributed by atoms with van der Waals surface area (Å²) in [5.41, 5.74) is 0. The molecule has 78 valence electrons. The SMILES string of the molecule is CN1CCC(NCc2ncc(Cl)s2)C1. The summed E-state index contributed by atoms with van der Waals surface area (Å²) in [6.45, 7) is 3.17. The first-order valence-electron chi connectivity index (χ1n) is 4.76. The van der Waals surface area contributed by atoms with Gasteiger partial charge in [-0.3, -0.25) is 0 Å². The summed E-state index contributed by atoms with van der Waals surface area (Å²) in [5, 5.41) is 4.56. The Balaban J connectivity index is 1.77. The van der Waals surface area contributed by atoms with Crippen LogP contribution in [0.1, 0.15) is 11.4 Å². The van der Waals surface area contributed by atoms with Crippen LogP contribution in [0.2, 0.25) is 4.34 Å². The number of hydrogen-bond acceptors (Lipinski definition) is 4. The number of thiazole rings is 1. The molecule has 1 saturated heterocycles. The molecule has 1 N–H and O–H groups in total. The number of likely N-dealkylation sites (tertiary alicyclic amines) is 1. The van der Waals surface area contributed by atoms with Gasteiger partial charge in [0.25, 0.3) is 0 Å². The van der Waals surface area contributed by atoms with Crippen LogP contribution >= 0.6 is 22.9 Å². The molecule has 2 rings (SSSR count). The number of nitrogens with zero attached hydrogens (tertiary/aromatic N) is 2. The largest absolute Gasteiger partial charge is 0.306 e. The minimum atomic E-state index is 0.614. The number of likely N-dealkylation sites (N-methyl/N-ethyl adjacent to an activating group) is 1. The Hall–Kier alpha value is -0.160. The second-order valence-electron chi connectivity index (χ2n) is 3.69. The summed E-state index contributed by atoms with van der Waals surface area (Å²) >= 11 is 7.35. The molecule has 1 aliphatic rings. The van der Waals surface area contributed by atoms with E-state index in [0.29, 0.717) is 6.04 Å². The van der Waals surface area contributed by atoms with Crippen molar-refractivity contribution >= 4 is 22.9 Å². The van der Waals surface area contributed by atoms with E-state index in [0.717, 1.165) is 22.4 Å². The van der Waals surface area contributed by atoms with Crippen molar-refractivity contribution in [2.75, 3.05) is 20.1 Å². The Morgan fingerprint density at radius 1 is 1.79 bits per heavy atom. The van der Waals surface area contributed by atoms with Crippen molar-refractivity contribution in [3.8, 4) is 0 Å². The Labute approximate surface area is 93.1 Å². The number of aromatic nitrogens is 1. The summed E-state index contributed by atoms with van der Waals surface area (Å²) < 4.78 is 0.769. The Bertz CT molecular complexity index is 302. The highest BCUT2D eigenvalue weighted by atomic mass is 35.5. The van der Waals surface area contributed by atoms with Crippen molar-refractivity contribution in [3.05, 3.63) is 15.5 Å². The quantitative estimate of drug-likeness (QED) is 0.857. The van der Waals surface area contributed by atoms with Gasteiger partial charge in [-0.05, 0) is 20.0 Å². The zero-order chi connectivity index (χ0) is 9.97. The normalized spacial score (nSPS) is 23.1. The van der Waals surface area contributed by atoms with Crippen LogP contribution in [0.4, 0.5) is 0 Å². The highest BCUT2D eigenvalue weighted by Gasteiger charge is 2.18. The first kappa shape index (κ1) is 10.4. The van der Waals surface area contributed by atoms with E-state index in [4.69, 9.17) is 11.6 Å². The molecule has 1 aliphatic heterocycles. The number of halogens is 1. The Morgan fingerprint density at radius 2 is 2.64 bits per heavy atom. The maximum absolute atomic E-state index is 5.80. The van der Waals surface area contributed by atoms with Crippen molar-refractivity contribution in [3.63, 3.8) is 0 Å². The van der Waals surface area contributed by atoms with Crippen LogP contribution in [-0.4, -0.2) is 36.1 Å². The Morgan fingerprint density at radius 3 is 3.21 bits per heavy atom. The fourth-order valence-corrected chi connectivity index (χ4v) is 2.61. The van der Waals surface area contributed by atoms with Gasteiger partial charge in [-0.1, -0.05) is 11.6 Å². The van der Waals surface area contributed by atoms with Crippen LogP contribution in [0, 0.1) is 0 Å². The van der Waals surface area contributed by atoms with E-state index in [2.05, 4.69) is 22.2 Å². The van der Waals surface area contributed by atoms with E-state index in [1.54, 1.807) is 17.5 Å². The minimum absolute atomic E-state index is 0.614. The topological polar surface area (TPSA) is 28.2 Å². The van der Waals surface area contributed by atoms with Crippen molar-refractivity contribution in [2.45, 2.75) is 19.0 Å². The Kier molecular flexibility index (Phi) is 3.38. The molecule has 1 fully saturated rings. The van der Waals surface area contributed by atoms with Gasteiger partial charge >= 0.3 is 0 Å². The lowest BCUT2D eigenvalue weighted by molar-refractivity contribution is 0.397. The lowest BCUT2D eigenvalue weighted by Crippen LogP contribution is -2.30. The second kappa shape index (κ2) is 4.57. The predicted octanol–water partition coefficient (Wildman–Crippen LogP) is 1.59.